The van der Waals surface area contributed by atoms with Crippen LogP contribution in [0.4, 0.5) is 4.39 Å². The zero-order valence-corrected chi connectivity index (χ0v) is 12.2. The van der Waals surface area contributed by atoms with Crippen LogP contribution < -0.4 is 5.32 Å². The highest BCUT2D eigenvalue weighted by Crippen LogP contribution is 2.32. The molecule has 1 aromatic carbocycles. The van der Waals surface area contributed by atoms with E-state index in [9.17, 15) is 4.39 Å². The van der Waals surface area contributed by atoms with Crippen molar-refractivity contribution < 1.29 is 4.39 Å². The van der Waals surface area contributed by atoms with Crippen molar-refractivity contribution in [2.24, 2.45) is 0 Å². The first kappa shape index (κ1) is 14.0. The van der Waals surface area contributed by atoms with E-state index in [0.717, 1.165) is 27.5 Å². The molecule has 0 bridgehead atoms. The summed E-state index contributed by atoms with van der Waals surface area (Å²) >= 11 is 1.48. The molecule has 0 spiro atoms. The standard InChI is InChI=1S/C14H14FN5S/c1-2-16-6-9-5-10(15)3-4-11(9)21-14-12-13(18-7-17-12)19-8-20-14/h3-5,7-8,16H,2,6H2,1H3,(H,17,18,19,20). The average Bonchev–Trinajstić information content (AvgIpc) is 2.97. The van der Waals surface area contributed by atoms with E-state index in [1.54, 1.807) is 18.5 Å². The second-order valence-corrected chi connectivity index (χ2v) is 5.45. The quantitative estimate of drug-likeness (QED) is 0.709. The SMILES string of the molecule is CCNCc1cc(F)ccc1Sc1ncnc2nc[nH]c12. The molecular weight excluding hydrogens is 289 g/mol. The van der Waals surface area contributed by atoms with Crippen LogP contribution in [0.3, 0.4) is 0 Å². The highest BCUT2D eigenvalue weighted by molar-refractivity contribution is 7.99. The molecule has 108 valence electrons. The van der Waals surface area contributed by atoms with Crippen LogP contribution >= 0.6 is 11.8 Å². The molecule has 0 aliphatic carbocycles. The molecule has 0 aliphatic heterocycles. The number of rotatable bonds is 5. The van der Waals surface area contributed by atoms with Crippen molar-refractivity contribution in [3.05, 3.63) is 42.2 Å². The summed E-state index contributed by atoms with van der Waals surface area (Å²) in [5.74, 6) is -0.235. The zero-order chi connectivity index (χ0) is 14.7. The minimum absolute atomic E-state index is 0.235. The number of nitrogens with one attached hydrogen (secondary N) is 2. The van der Waals surface area contributed by atoms with Crippen LogP contribution in [-0.4, -0.2) is 26.5 Å². The molecule has 3 aromatic rings. The number of imidazole rings is 1. The van der Waals surface area contributed by atoms with E-state index >= 15 is 0 Å². The maximum atomic E-state index is 13.4. The number of halogens is 1. The van der Waals surface area contributed by atoms with Gasteiger partial charge >= 0.3 is 0 Å². The Kier molecular flexibility index (Phi) is 4.12. The van der Waals surface area contributed by atoms with Gasteiger partial charge in [-0.05, 0) is 30.3 Å². The van der Waals surface area contributed by atoms with Crippen molar-refractivity contribution in [3.8, 4) is 0 Å². The number of aromatic nitrogens is 4. The number of hydrogen-bond acceptors (Lipinski definition) is 5. The summed E-state index contributed by atoms with van der Waals surface area (Å²) in [6.45, 7) is 3.47. The van der Waals surface area contributed by atoms with Crippen molar-refractivity contribution in [2.45, 2.75) is 23.4 Å². The van der Waals surface area contributed by atoms with E-state index in [1.165, 1.54) is 24.2 Å². The topological polar surface area (TPSA) is 66.5 Å². The number of hydrogen-bond donors (Lipinski definition) is 2. The Labute approximate surface area is 125 Å². The molecule has 0 saturated heterocycles. The van der Waals surface area contributed by atoms with Gasteiger partial charge in [-0.2, -0.15) is 0 Å². The smallest absolute Gasteiger partial charge is 0.181 e. The minimum Gasteiger partial charge on any atom is -0.341 e. The predicted octanol–water partition coefficient (Wildman–Crippen LogP) is 2.75. The summed E-state index contributed by atoms with van der Waals surface area (Å²) in [5, 5.41) is 4.00. The third kappa shape index (κ3) is 3.03. The van der Waals surface area contributed by atoms with Crippen LogP contribution in [0.1, 0.15) is 12.5 Å². The molecule has 0 saturated carbocycles. The van der Waals surface area contributed by atoms with Gasteiger partial charge < -0.3 is 10.3 Å². The third-order valence-electron chi connectivity index (χ3n) is 2.98. The Morgan fingerprint density at radius 1 is 1.29 bits per heavy atom. The zero-order valence-electron chi connectivity index (χ0n) is 11.4. The largest absolute Gasteiger partial charge is 0.341 e. The Hall–Kier alpha value is -1.99. The summed E-state index contributed by atoms with van der Waals surface area (Å²) in [6, 6.07) is 4.79. The van der Waals surface area contributed by atoms with Gasteiger partial charge in [0.15, 0.2) is 5.65 Å². The van der Waals surface area contributed by atoms with Crippen molar-refractivity contribution in [2.75, 3.05) is 6.54 Å². The van der Waals surface area contributed by atoms with E-state index in [-0.39, 0.29) is 5.82 Å². The van der Waals surface area contributed by atoms with Crippen LogP contribution in [0.5, 0.6) is 0 Å². The van der Waals surface area contributed by atoms with E-state index in [0.29, 0.717) is 12.2 Å². The summed E-state index contributed by atoms with van der Waals surface area (Å²) in [4.78, 5) is 16.5. The molecular formula is C14H14FN5S. The molecule has 2 aromatic heterocycles. The molecule has 7 heteroatoms. The van der Waals surface area contributed by atoms with Gasteiger partial charge in [0.05, 0.1) is 6.33 Å². The van der Waals surface area contributed by atoms with Gasteiger partial charge in [0.1, 0.15) is 22.7 Å². The third-order valence-corrected chi connectivity index (χ3v) is 4.10. The number of aromatic amines is 1. The lowest BCUT2D eigenvalue weighted by Gasteiger charge is -2.09. The summed E-state index contributed by atoms with van der Waals surface area (Å²) in [6.07, 6.45) is 3.08. The second kappa shape index (κ2) is 6.19. The summed E-state index contributed by atoms with van der Waals surface area (Å²) < 4.78 is 13.4. The van der Waals surface area contributed by atoms with Gasteiger partial charge in [0, 0.05) is 11.4 Å². The summed E-state index contributed by atoms with van der Waals surface area (Å²) in [7, 11) is 0. The van der Waals surface area contributed by atoms with Crippen LogP contribution in [-0.2, 0) is 6.54 Å². The molecule has 2 heterocycles. The fourth-order valence-corrected chi connectivity index (χ4v) is 2.93. The lowest BCUT2D eigenvalue weighted by atomic mass is 10.2. The normalized spacial score (nSPS) is 11.1. The number of benzene rings is 1. The van der Waals surface area contributed by atoms with Crippen molar-refractivity contribution in [3.63, 3.8) is 0 Å². The van der Waals surface area contributed by atoms with Gasteiger partial charge in [0.25, 0.3) is 0 Å². The van der Waals surface area contributed by atoms with E-state index < -0.39 is 0 Å². The number of fused-ring (bicyclic) bond motifs is 1. The number of H-pyrrole nitrogens is 1. The average molecular weight is 303 g/mol. The molecule has 0 fully saturated rings. The van der Waals surface area contributed by atoms with E-state index in [2.05, 4.69) is 25.3 Å². The molecule has 0 unspecified atom stereocenters. The summed E-state index contributed by atoms with van der Waals surface area (Å²) in [5.41, 5.74) is 2.33. The highest BCUT2D eigenvalue weighted by Gasteiger charge is 2.11. The molecule has 2 N–H and O–H groups in total. The molecule has 5 nitrogen and oxygen atoms in total. The maximum absolute atomic E-state index is 13.4. The van der Waals surface area contributed by atoms with Crippen LogP contribution in [0.25, 0.3) is 11.2 Å². The predicted molar refractivity (Wildman–Crippen MR) is 79.6 cm³/mol. The second-order valence-electron chi connectivity index (χ2n) is 4.41. The van der Waals surface area contributed by atoms with Gasteiger partial charge in [0.2, 0.25) is 0 Å². The Balaban J connectivity index is 1.95. The fraction of sp³-hybridized carbons (Fsp3) is 0.214. The fourth-order valence-electron chi connectivity index (χ4n) is 1.97. The van der Waals surface area contributed by atoms with Crippen LogP contribution in [0, 0.1) is 5.82 Å². The Morgan fingerprint density at radius 2 is 2.19 bits per heavy atom. The molecule has 3 rings (SSSR count). The molecule has 0 aliphatic rings. The van der Waals surface area contributed by atoms with Crippen LogP contribution in [0.2, 0.25) is 0 Å². The molecule has 21 heavy (non-hydrogen) atoms. The first-order valence-corrected chi connectivity index (χ1v) is 7.40. The van der Waals surface area contributed by atoms with Gasteiger partial charge in [-0.3, -0.25) is 0 Å². The lowest BCUT2D eigenvalue weighted by molar-refractivity contribution is 0.619. The Bertz CT molecular complexity index is 758. The monoisotopic (exact) mass is 303 g/mol. The van der Waals surface area contributed by atoms with Crippen LogP contribution in [0.15, 0.2) is 40.8 Å². The first-order chi connectivity index (χ1) is 10.3. The maximum Gasteiger partial charge on any atom is 0.181 e. The molecule has 0 radical (unpaired) electrons. The van der Waals surface area contributed by atoms with Gasteiger partial charge in [-0.1, -0.05) is 18.7 Å². The number of nitrogens with zero attached hydrogens (tertiary/aromatic N) is 3. The molecule has 0 atom stereocenters. The van der Waals surface area contributed by atoms with Crippen molar-refractivity contribution in [1.82, 2.24) is 25.3 Å². The highest BCUT2D eigenvalue weighted by atomic mass is 32.2. The van der Waals surface area contributed by atoms with Crippen molar-refractivity contribution >= 4 is 22.9 Å². The lowest BCUT2D eigenvalue weighted by Crippen LogP contribution is -2.12. The van der Waals surface area contributed by atoms with Gasteiger partial charge in [-0.15, -0.1) is 0 Å². The molecule has 0 amide bonds. The van der Waals surface area contributed by atoms with Crippen molar-refractivity contribution in [1.29, 1.82) is 0 Å². The minimum atomic E-state index is -0.235. The first-order valence-electron chi connectivity index (χ1n) is 6.59. The van der Waals surface area contributed by atoms with E-state index in [1.807, 2.05) is 6.92 Å². The van der Waals surface area contributed by atoms with E-state index in [4.69, 9.17) is 0 Å². The van der Waals surface area contributed by atoms with Gasteiger partial charge in [-0.25, -0.2) is 19.3 Å². The Morgan fingerprint density at radius 3 is 3.05 bits per heavy atom.